The molecule has 0 spiro atoms. The Kier molecular flexibility index (Phi) is 10.9. The van der Waals surface area contributed by atoms with E-state index in [-0.39, 0.29) is 0 Å². The first-order chi connectivity index (χ1) is 11.2. The van der Waals surface area contributed by atoms with Crippen LogP contribution in [0.15, 0.2) is 12.1 Å². The van der Waals surface area contributed by atoms with Crippen molar-refractivity contribution in [2.45, 2.75) is 104 Å². The lowest BCUT2D eigenvalue weighted by molar-refractivity contribution is 0.465. The SMILES string of the molecule is CCCCCCCCc1cc(CCCC)c(O)cc1CCCC. The highest BCUT2D eigenvalue weighted by molar-refractivity contribution is 5.42. The number of phenols is 1. The topological polar surface area (TPSA) is 20.2 Å². The van der Waals surface area contributed by atoms with Crippen molar-refractivity contribution >= 4 is 0 Å². The van der Waals surface area contributed by atoms with Gasteiger partial charge in [0.15, 0.2) is 0 Å². The number of hydrogen-bond donors (Lipinski definition) is 1. The van der Waals surface area contributed by atoms with Gasteiger partial charge in [-0.25, -0.2) is 0 Å². The minimum absolute atomic E-state index is 0.524. The van der Waals surface area contributed by atoms with Crippen LogP contribution in [0.5, 0.6) is 5.75 Å². The number of benzene rings is 1. The predicted molar refractivity (Wildman–Crippen MR) is 102 cm³/mol. The highest BCUT2D eigenvalue weighted by Crippen LogP contribution is 2.27. The summed E-state index contributed by atoms with van der Waals surface area (Å²) in [4.78, 5) is 0. The van der Waals surface area contributed by atoms with E-state index in [2.05, 4.69) is 32.9 Å². The summed E-state index contributed by atoms with van der Waals surface area (Å²) < 4.78 is 0. The van der Waals surface area contributed by atoms with Crippen LogP contribution >= 0.6 is 0 Å². The molecule has 0 aliphatic rings. The van der Waals surface area contributed by atoms with Crippen molar-refractivity contribution < 1.29 is 5.11 Å². The Morgan fingerprint density at radius 3 is 1.70 bits per heavy atom. The summed E-state index contributed by atoms with van der Waals surface area (Å²) in [5.74, 6) is 0.524. The van der Waals surface area contributed by atoms with Gasteiger partial charge in [0.05, 0.1) is 0 Å². The molecule has 1 nitrogen and oxygen atoms in total. The lowest BCUT2D eigenvalue weighted by Gasteiger charge is -2.14. The largest absolute Gasteiger partial charge is 0.508 e. The summed E-state index contributed by atoms with van der Waals surface area (Å²) in [7, 11) is 0. The van der Waals surface area contributed by atoms with Gasteiger partial charge in [0.1, 0.15) is 5.75 Å². The first-order valence-electron chi connectivity index (χ1n) is 10.1. The van der Waals surface area contributed by atoms with Gasteiger partial charge in [-0.1, -0.05) is 71.8 Å². The normalized spacial score (nSPS) is 11.1. The standard InChI is InChI=1S/C22H38O/c1-4-7-10-11-12-13-16-19-17-21(15-9-6-3)22(23)18-20(19)14-8-5-2/h17-18,23H,4-16H2,1-3H3. The van der Waals surface area contributed by atoms with Crippen molar-refractivity contribution in [3.63, 3.8) is 0 Å². The molecule has 1 heteroatoms. The first-order valence-corrected chi connectivity index (χ1v) is 10.1. The molecular formula is C22H38O. The second kappa shape index (κ2) is 12.4. The third kappa shape index (κ3) is 7.90. The Morgan fingerprint density at radius 1 is 0.565 bits per heavy atom. The van der Waals surface area contributed by atoms with Gasteiger partial charge >= 0.3 is 0 Å². The molecule has 0 unspecified atom stereocenters. The number of aryl methyl sites for hydroxylation is 3. The molecule has 0 atom stereocenters. The average Bonchev–Trinajstić information content (AvgIpc) is 2.56. The fourth-order valence-corrected chi connectivity index (χ4v) is 3.22. The van der Waals surface area contributed by atoms with Gasteiger partial charge in [-0.15, -0.1) is 0 Å². The van der Waals surface area contributed by atoms with Crippen LogP contribution in [0.3, 0.4) is 0 Å². The summed E-state index contributed by atoms with van der Waals surface area (Å²) in [6, 6.07) is 4.37. The van der Waals surface area contributed by atoms with Crippen LogP contribution in [0.2, 0.25) is 0 Å². The first kappa shape index (κ1) is 20.1. The number of rotatable bonds is 13. The fraction of sp³-hybridized carbons (Fsp3) is 0.727. The van der Waals surface area contributed by atoms with Gasteiger partial charge in [-0.05, 0) is 61.3 Å². The summed E-state index contributed by atoms with van der Waals surface area (Å²) in [6.07, 6.45) is 16.2. The van der Waals surface area contributed by atoms with Crippen LogP contribution in [0, 0.1) is 0 Å². The molecule has 1 N–H and O–H groups in total. The maximum absolute atomic E-state index is 10.3. The van der Waals surface area contributed by atoms with Gasteiger partial charge in [0.2, 0.25) is 0 Å². The molecule has 1 rings (SSSR count). The van der Waals surface area contributed by atoms with Crippen LogP contribution in [-0.4, -0.2) is 5.11 Å². The van der Waals surface area contributed by atoms with Crippen molar-refractivity contribution in [1.82, 2.24) is 0 Å². The molecule has 132 valence electrons. The van der Waals surface area contributed by atoms with E-state index in [0.29, 0.717) is 5.75 Å². The quantitative estimate of drug-likeness (QED) is 0.389. The molecule has 0 bridgehead atoms. The number of unbranched alkanes of at least 4 members (excludes halogenated alkanes) is 7. The zero-order valence-corrected chi connectivity index (χ0v) is 15.8. The molecule has 0 fully saturated rings. The molecule has 0 aromatic heterocycles. The van der Waals surface area contributed by atoms with E-state index in [1.807, 2.05) is 0 Å². The average molecular weight is 319 g/mol. The van der Waals surface area contributed by atoms with Crippen molar-refractivity contribution in [2.24, 2.45) is 0 Å². The van der Waals surface area contributed by atoms with E-state index in [9.17, 15) is 5.11 Å². The molecule has 0 saturated carbocycles. The van der Waals surface area contributed by atoms with E-state index in [4.69, 9.17) is 0 Å². The molecule has 0 heterocycles. The van der Waals surface area contributed by atoms with E-state index in [1.54, 1.807) is 0 Å². The van der Waals surface area contributed by atoms with E-state index >= 15 is 0 Å². The Morgan fingerprint density at radius 2 is 1.04 bits per heavy atom. The minimum atomic E-state index is 0.524. The van der Waals surface area contributed by atoms with E-state index in [0.717, 1.165) is 18.4 Å². The van der Waals surface area contributed by atoms with Gasteiger partial charge in [0.25, 0.3) is 0 Å². The maximum Gasteiger partial charge on any atom is 0.119 e. The molecular weight excluding hydrogens is 280 g/mol. The second-order valence-electron chi connectivity index (χ2n) is 6.97. The second-order valence-corrected chi connectivity index (χ2v) is 6.97. The van der Waals surface area contributed by atoms with Gasteiger partial charge in [-0.2, -0.15) is 0 Å². The monoisotopic (exact) mass is 318 g/mol. The molecule has 1 aromatic rings. The van der Waals surface area contributed by atoms with Crippen molar-refractivity contribution in [1.29, 1.82) is 0 Å². The number of aromatic hydroxyl groups is 1. The van der Waals surface area contributed by atoms with Crippen LogP contribution in [0.4, 0.5) is 0 Å². The molecule has 0 radical (unpaired) electrons. The zero-order chi connectivity index (χ0) is 16.9. The summed E-state index contributed by atoms with van der Waals surface area (Å²) in [5.41, 5.74) is 4.05. The van der Waals surface area contributed by atoms with Crippen LogP contribution in [0.1, 0.15) is 102 Å². The Balaban J connectivity index is 2.66. The van der Waals surface area contributed by atoms with Gasteiger partial charge in [0, 0.05) is 0 Å². The van der Waals surface area contributed by atoms with Crippen LogP contribution in [0.25, 0.3) is 0 Å². The highest BCUT2D eigenvalue weighted by atomic mass is 16.3. The molecule has 1 aromatic carbocycles. The summed E-state index contributed by atoms with van der Waals surface area (Å²) in [6.45, 7) is 6.72. The summed E-state index contributed by atoms with van der Waals surface area (Å²) >= 11 is 0. The third-order valence-corrected chi connectivity index (χ3v) is 4.80. The molecule has 0 aliphatic carbocycles. The maximum atomic E-state index is 10.3. The van der Waals surface area contributed by atoms with Crippen molar-refractivity contribution in [3.05, 3.63) is 28.8 Å². The fourth-order valence-electron chi connectivity index (χ4n) is 3.22. The van der Waals surface area contributed by atoms with Crippen molar-refractivity contribution in [2.75, 3.05) is 0 Å². The van der Waals surface area contributed by atoms with Crippen LogP contribution in [-0.2, 0) is 19.3 Å². The van der Waals surface area contributed by atoms with E-state index in [1.165, 1.54) is 81.8 Å². The molecule has 0 amide bonds. The van der Waals surface area contributed by atoms with Crippen LogP contribution < -0.4 is 0 Å². The van der Waals surface area contributed by atoms with Gasteiger partial charge in [-0.3, -0.25) is 0 Å². The third-order valence-electron chi connectivity index (χ3n) is 4.80. The predicted octanol–water partition coefficient (Wildman–Crippen LogP) is 6.98. The number of hydrogen-bond acceptors (Lipinski definition) is 1. The Bertz CT molecular complexity index is 422. The van der Waals surface area contributed by atoms with Gasteiger partial charge < -0.3 is 5.11 Å². The smallest absolute Gasteiger partial charge is 0.119 e. The number of phenolic OH excluding ortho intramolecular Hbond substituents is 1. The molecule has 0 saturated heterocycles. The van der Waals surface area contributed by atoms with E-state index < -0.39 is 0 Å². The Hall–Kier alpha value is -0.980. The van der Waals surface area contributed by atoms with Crippen molar-refractivity contribution in [3.8, 4) is 5.75 Å². The lowest BCUT2D eigenvalue weighted by Crippen LogP contribution is -1.99. The lowest BCUT2D eigenvalue weighted by atomic mass is 9.93. The summed E-state index contributed by atoms with van der Waals surface area (Å²) in [5, 5.41) is 10.3. The highest BCUT2D eigenvalue weighted by Gasteiger charge is 2.09. The minimum Gasteiger partial charge on any atom is -0.508 e. The molecule has 0 aliphatic heterocycles. The molecule has 23 heavy (non-hydrogen) atoms. The zero-order valence-electron chi connectivity index (χ0n) is 15.8. The Labute approximate surface area is 144 Å².